The van der Waals surface area contributed by atoms with Crippen molar-refractivity contribution in [1.82, 2.24) is 18.7 Å². The zero-order chi connectivity index (χ0) is 20.7. The van der Waals surface area contributed by atoms with Gasteiger partial charge in [0, 0.05) is 19.1 Å². The number of halogens is 2. The van der Waals surface area contributed by atoms with Crippen LogP contribution in [0.3, 0.4) is 0 Å². The van der Waals surface area contributed by atoms with Gasteiger partial charge >= 0.3 is 11.7 Å². The van der Waals surface area contributed by atoms with Crippen molar-refractivity contribution in [3.05, 3.63) is 85.0 Å². The van der Waals surface area contributed by atoms with Gasteiger partial charge in [-0.25, -0.2) is 4.79 Å². The molecule has 2 heterocycles. The van der Waals surface area contributed by atoms with E-state index < -0.39 is 11.2 Å². The number of nitrogens with zero attached hydrogens (tertiary/aromatic N) is 4. The third-order valence-corrected chi connectivity index (χ3v) is 5.32. The Morgan fingerprint density at radius 2 is 1.59 bits per heavy atom. The molecule has 148 valence electrons. The highest BCUT2D eigenvalue weighted by molar-refractivity contribution is 6.32. The number of imidazole rings is 1. The fourth-order valence-corrected chi connectivity index (χ4v) is 3.44. The number of rotatable bonds is 4. The Morgan fingerprint density at radius 1 is 0.931 bits per heavy atom. The molecule has 0 saturated heterocycles. The van der Waals surface area contributed by atoms with E-state index in [1.54, 1.807) is 41.9 Å². The number of hydrogen-bond acceptors (Lipinski definition) is 4. The standard InChI is InChI=1S/C20H16Cl2N4O3/c1-24-17-16(18(27)25(2)20(24)28)26(11-12-7-3-4-8-13(12)21)19(23-17)29-15-10-6-5-9-14(15)22/h3-10H,11H2,1-2H3. The van der Waals surface area contributed by atoms with Gasteiger partial charge in [-0.2, -0.15) is 4.98 Å². The van der Waals surface area contributed by atoms with Crippen LogP contribution in [0.5, 0.6) is 11.8 Å². The summed E-state index contributed by atoms with van der Waals surface area (Å²) in [4.78, 5) is 29.7. The van der Waals surface area contributed by atoms with E-state index in [-0.39, 0.29) is 23.7 Å². The number of hydrogen-bond donors (Lipinski definition) is 0. The minimum Gasteiger partial charge on any atom is -0.424 e. The van der Waals surface area contributed by atoms with E-state index in [1.807, 2.05) is 18.2 Å². The summed E-state index contributed by atoms with van der Waals surface area (Å²) in [6, 6.07) is 14.3. The average Bonchev–Trinajstić information content (AvgIpc) is 3.06. The van der Waals surface area contributed by atoms with Crippen LogP contribution in [0.15, 0.2) is 58.1 Å². The highest BCUT2D eigenvalue weighted by Crippen LogP contribution is 2.31. The fraction of sp³-hybridized carbons (Fsp3) is 0.150. The molecule has 0 amide bonds. The molecule has 0 bridgehead atoms. The Labute approximate surface area is 175 Å². The third kappa shape index (κ3) is 3.32. The Bertz CT molecular complexity index is 1350. The van der Waals surface area contributed by atoms with E-state index in [0.717, 1.165) is 10.1 Å². The summed E-state index contributed by atoms with van der Waals surface area (Å²) in [5.74, 6) is 0.381. The summed E-state index contributed by atoms with van der Waals surface area (Å²) >= 11 is 12.5. The smallest absolute Gasteiger partial charge is 0.332 e. The molecule has 4 aromatic rings. The van der Waals surface area contributed by atoms with Crippen molar-refractivity contribution in [2.24, 2.45) is 14.1 Å². The maximum absolute atomic E-state index is 12.9. The SMILES string of the molecule is Cn1c(=O)c2c(nc(Oc3ccccc3Cl)n2Cc2ccccc2Cl)n(C)c1=O. The lowest BCUT2D eigenvalue weighted by atomic mass is 10.2. The molecular weight excluding hydrogens is 415 g/mol. The molecular formula is C20H16Cl2N4O3. The molecule has 0 aliphatic rings. The predicted molar refractivity (Wildman–Crippen MR) is 112 cm³/mol. The van der Waals surface area contributed by atoms with Gasteiger partial charge in [0.05, 0.1) is 11.6 Å². The molecule has 0 N–H and O–H groups in total. The van der Waals surface area contributed by atoms with Crippen molar-refractivity contribution < 1.29 is 4.74 Å². The second-order valence-corrected chi connectivity index (χ2v) is 7.30. The molecule has 0 unspecified atom stereocenters. The van der Waals surface area contributed by atoms with Crippen molar-refractivity contribution >= 4 is 34.4 Å². The summed E-state index contributed by atoms with van der Waals surface area (Å²) < 4.78 is 9.88. The van der Waals surface area contributed by atoms with Gasteiger partial charge in [0.15, 0.2) is 11.2 Å². The maximum Gasteiger partial charge on any atom is 0.332 e. The van der Waals surface area contributed by atoms with Crippen LogP contribution in [0.1, 0.15) is 5.56 Å². The molecule has 0 aliphatic carbocycles. The topological polar surface area (TPSA) is 71.1 Å². The molecule has 0 atom stereocenters. The van der Waals surface area contributed by atoms with E-state index in [4.69, 9.17) is 27.9 Å². The molecule has 0 radical (unpaired) electrons. The summed E-state index contributed by atoms with van der Waals surface area (Å²) in [7, 11) is 2.97. The van der Waals surface area contributed by atoms with Crippen molar-refractivity contribution in [3.63, 3.8) is 0 Å². The van der Waals surface area contributed by atoms with Gasteiger partial charge in [-0.15, -0.1) is 0 Å². The highest BCUT2D eigenvalue weighted by Gasteiger charge is 2.21. The van der Waals surface area contributed by atoms with E-state index in [2.05, 4.69) is 4.98 Å². The molecule has 2 aromatic heterocycles. The first kappa shape index (κ1) is 19.3. The van der Waals surface area contributed by atoms with Crippen LogP contribution in [-0.2, 0) is 20.6 Å². The van der Waals surface area contributed by atoms with E-state index >= 15 is 0 Å². The van der Waals surface area contributed by atoms with Crippen molar-refractivity contribution in [3.8, 4) is 11.8 Å². The minimum atomic E-state index is -0.478. The Kier molecular flexibility index (Phi) is 4.94. The molecule has 0 spiro atoms. The van der Waals surface area contributed by atoms with Gasteiger partial charge in [-0.1, -0.05) is 53.5 Å². The second kappa shape index (κ2) is 7.42. The Morgan fingerprint density at radius 3 is 2.28 bits per heavy atom. The molecule has 7 nitrogen and oxygen atoms in total. The van der Waals surface area contributed by atoms with Gasteiger partial charge in [0.2, 0.25) is 0 Å². The van der Waals surface area contributed by atoms with Gasteiger partial charge in [0.1, 0.15) is 5.75 Å². The lowest BCUT2D eigenvalue weighted by Crippen LogP contribution is -2.37. The van der Waals surface area contributed by atoms with Crippen molar-refractivity contribution in [1.29, 1.82) is 0 Å². The van der Waals surface area contributed by atoms with Crippen molar-refractivity contribution in [2.75, 3.05) is 0 Å². The van der Waals surface area contributed by atoms with E-state index in [0.29, 0.717) is 15.8 Å². The molecule has 29 heavy (non-hydrogen) atoms. The quantitative estimate of drug-likeness (QED) is 0.495. The number of fused-ring (bicyclic) bond motifs is 1. The first-order valence-corrected chi connectivity index (χ1v) is 9.46. The molecule has 0 saturated carbocycles. The van der Waals surface area contributed by atoms with Crippen LogP contribution in [-0.4, -0.2) is 18.7 Å². The number of ether oxygens (including phenoxy) is 1. The summed E-state index contributed by atoms with van der Waals surface area (Å²) in [6.07, 6.45) is 0. The molecule has 0 aliphatic heterocycles. The number of aryl methyl sites for hydroxylation is 1. The average molecular weight is 431 g/mol. The van der Waals surface area contributed by atoms with Gasteiger partial charge in [0.25, 0.3) is 5.56 Å². The summed E-state index contributed by atoms with van der Waals surface area (Å²) in [5, 5.41) is 0.935. The van der Waals surface area contributed by atoms with E-state index in [9.17, 15) is 9.59 Å². The van der Waals surface area contributed by atoms with Gasteiger partial charge < -0.3 is 4.74 Å². The highest BCUT2D eigenvalue weighted by atomic mass is 35.5. The number of aromatic nitrogens is 4. The van der Waals surface area contributed by atoms with Crippen LogP contribution in [0.25, 0.3) is 11.2 Å². The lowest BCUT2D eigenvalue weighted by Gasteiger charge is -2.12. The molecule has 4 rings (SSSR count). The Hall–Kier alpha value is -3.03. The van der Waals surface area contributed by atoms with Crippen LogP contribution < -0.4 is 16.0 Å². The fourth-order valence-electron chi connectivity index (χ4n) is 3.07. The maximum atomic E-state index is 12.9. The van der Waals surface area contributed by atoms with Crippen molar-refractivity contribution in [2.45, 2.75) is 6.54 Å². The van der Waals surface area contributed by atoms with Crippen LogP contribution in [0.4, 0.5) is 0 Å². The summed E-state index contributed by atoms with van der Waals surface area (Å²) in [5.41, 5.74) is 0.267. The summed E-state index contributed by atoms with van der Waals surface area (Å²) in [6.45, 7) is 0.226. The first-order chi connectivity index (χ1) is 13.9. The normalized spacial score (nSPS) is 11.2. The molecule has 2 aromatic carbocycles. The minimum absolute atomic E-state index is 0.131. The van der Waals surface area contributed by atoms with Crippen LogP contribution >= 0.6 is 23.2 Å². The molecule has 0 fully saturated rings. The predicted octanol–water partition coefficient (Wildman–Crippen LogP) is 3.58. The van der Waals surface area contributed by atoms with Gasteiger partial charge in [-0.05, 0) is 23.8 Å². The first-order valence-electron chi connectivity index (χ1n) is 8.70. The second-order valence-electron chi connectivity index (χ2n) is 6.48. The molecule has 9 heteroatoms. The van der Waals surface area contributed by atoms with Gasteiger partial charge in [-0.3, -0.25) is 18.5 Å². The zero-order valence-corrected chi connectivity index (χ0v) is 17.1. The lowest BCUT2D eigenvalue weighted by molar-refractivity contribution is 0.421. The largest absolute Gasteiger partial charge is 0.424 e. The van der Waals surface area contributed by atoms with E-state index in [1.165, 1.54) is 11.6 Å². The van der Waals surface area contributed by atoms with Crippen LogP contribution in [0.2, 0.25) is 10.0 Å². The Balaban J connectivity index is 1.99. The monoisotopic (exact) mass is 430 g/mol. The zero-order valence-electron chi connectivity index (χ0n) is 15.6. The number of benzene rings is 2. The number of para-hydroxylation sites is 1. The third-order valence-electron chi connectivity index (χ3n) is 4.64. The van der Waals surface area contributed by atoms with Crippen LogP contribution in [0, 0.1) is 0 Å².